The summed E-state index contributed by atoms with van der Waals surface area (Å²) in [5.41, 5.74) is 6.77. The number of aryl methyl sites for hydroxylation is 2. The summed E-state index contributed by atoms with van der Waals surface area (Å²) >= 11 is 0. The van der Waals surface area contributed by atoms with Crippen molar-refractivity contribution in [3.05, 3.63) is 11.6 Å². The molecule has 2 aromatic heterocycles. The Morgan fingerprint density at radius 3 is 2.43 bits per heavy atom. The Hall–Kier alpha value is -1.73. The molecule has 2 aromatic rings. The van der Waals surface area contributed by atoms with Crippen LogP contribution in [0.3, 0.4) is 0 Å². The first-order valence-corrected chi connectivity index (χ1v) is 10.6. The Balaban J connectivity index is 2.24. The van der Waals surface area contributed by atoms with Crippen molar-refractivity contribution in [1.82, 2.24) is 24.4 Å². The maximum absolute atomic E-state index is 10.4. The SMILES string of the molecule is CCCCc1nc2c(N)nc(CCCCN(C)C(C)C)nc2n1CC(C)(C)O. The molecule has 0 spiro atoms. The number of aromatic nitrogens is 4. The van der Waals surface area contributed by atoms with Crippen molar-refractivity contribution in [2.45, 2.75) is 91.3 Å². The normalized spacial score (nSPS) is 12.6. The number of nitrogens with two attached hydrogens (primary N) is 1. The van der Waals surface area contributed by atoms with E-state index in [9.17, 15) is 5.11 Å². The van der Waals surface area contributed by atoms with Gasteiger partial charge in [0.15, 0.2) is 17.0 Å². The molecule has 28 heavy (non-hydrogen) atoms. The Morgan fingerprint density at radius 1 is 1.11 bits per heavy atom. The Bertz CT molecular complexity index is 762. The predicted molar refractivity (Wildman–Crippen MR) is 115 cm³/mol. The molecule has 7 nitrogen and oxygen atoms in total. The van der Waals surface area contributed by atoms with Gasteiger partial charge in [-0.1, -0.05) is 13.3 Å². The highest BCUT2D eigenvalue weighted by atomic mass is 16.3. The summed E-state index contributed by atoms with van der Waals surface area (Å²) in [6, 6.07) is 0.556. The van der Waals surface area contributed by atoms with Crippen LogP contribution >= 0.6 is 0 Å². The van der Waals surface area contributed by atoms with Crippen molar-refractivity contribution >= 4 is 17.0 Å². The molecule has 0 fully saturated rings. The molecule has 0 bridgehead atoms. The van der Waals surface area contributed by atoms with Crippen LogP contribution in [-0.4, -0.2) is 54.8 Å². The van der Waals surface area contributed by atoms with Gasteiger partial charge < -0.3 is 20.3 Å². The highest BCUT2D eigenvalue weighted by molar-refractivity contribution is 5.82. The summed E-state index contributed by atoms with van der Waals surface area (Å²) < 4.78 is 2.03. The third-order valence-electron chi connectivity index (χ3n) is 5.09. The third kappa shape index (κ3) is 6.14. The van der Waals surface area contributed by atoms with Crippen molar-refractivity contribution in [3.63, 3.8) is 0 Å². The minimum atomic E-state index is -0.851. The molecule has 7 heteroatoms. The molecule has 0 saturated heterocycles. The first kappa shape index (κ1) is 22.6. The van der Waals surface area contributed by atoms with Gasteiger partial charge in [0, 0.05) is 18.9 Å². The number of nitrogen functional groups attached to an aromatic ring is 1. The lowest BCUT2D eigenvalue weighted by molar-refractivity contribution is 0.0616. The fourth-order valence-corrected chi connectivity index (χ4v) is 3.21. The van der Waals surface area contributed by atoms with Gasteiger partial charge in [0.1, 0.15) is 11.6 Å². The van der Waals surface area contributed by atoms with E-state index >= 15 is 0 Å². The van der Waals surface area contributed by atoms with E-state index < -0.39 is 5.60 Å². The van der Waals surface area contributed by atoms with Crippen molar-refractivity contribution < 1.29 is 5.11 Å². The zero-order chi connectivity index (χ0) is 20.9. The first-order valence-electron chi connectivity index (χ1n) is 10.6. The van der Waals surface area contributed by atoms with E-state index in [1.807, 2.05) is 4.57 Å². The number of hydrogen-bond acceptors (Lipinski definition) is 6. The lowest BCUT2D eigenvalue weighted by Crippen LogP contribution is -2.27. The molecule has 0 amide bonds. The zero-order valence-electron chi connectivity index (χ0n) is 18.5. The standard InChI is InChI=1S/C21H38N6O/c1-7-8-12-17-25-18-19(22)23-16(11-9-10-13-26(6)15(2)3)24-20(18)27(17)14-21(4,5)28/h15,28H,7-14H2,1-6H3,(H2,22,23,24). The zero-order valence-corrected chi connectivity index (χ0v) is 18.5. The van der Waals surface area contributed by atoms with Crippen LogP contribution in [0.1, 0.15) is 72.0 Å². The van der Waals surface area contributed by atoms with Crippen LogP contribution < -0.4 is 5.73 Å². The first-order chi connectivity index (χ1) is 13.1. The minimum absolute atomic E-state index is 0.437. The maximum Gasteiger partial charge on any atom is 0.166 e. The van der Waals surface area contributed by atoms with E-state index in [1.165, 1.54) is 0 Å². The highest BCUT2D eigenvalue weighted by Gasteiger charge is 2.22. The van der Waals surface area contributed by atoms with Gasteiger partial charge in [0.2, 0.25) is 0 Å². The molecule has 0 unspecified atom stereocenters. The molecule has 2 rings (SSSR count). The minimum Gasteiger partial charge on any atom is -0.389 e. The second kappa shape index (κ2) is 9.65. The lowest BCUT2D eigenvalue weighted by atomic mass is 10.1. The Labute approximate surface area is 169 Å². The van der Waals surface area contributed by atoms with Gasteiger partial charge in [0.05, 0.1) is 12.1 Å². The van der Waals surface area contributed by atoms with Gasteiger partial charge in [-0.15, -0.1) is 0 Å². The molecule has 0 saturated carbocycles. The van der Waals surface area contributed by atoms with E-state index in [0.717, 1.165) is 62.4 Å². The van der Waals surface area contributed by atoms with E-state index in [1.54, 1.807) is 13.8 Å². The van der Waals surface area contributed by atoms with Gasteiger partial charge in [-0.05, 0) is 60.5 Å². The van der Waals surface area contributed by atoms with Gasteiger partial charge in [-0.25, -0.2) is 15.0 Å². The molecule has 158 valence electrons. The number of imidazole rings is 1. The van der Waals surface area contributed by atoms with Crippen LogP contribution in [0.2, 0.25) is 0 Å². The fourth-order valence-electron chi connectivity index (χ4n) is 3.21. The van der Waals surface area contributed by atoms with Crippen molar-refractivity contribution in [3.8, 4) is 0 Å². The third-order valence-corrected chi connectivity index (χ3v) is 5.09. The summed E-state index contributed by atoms with van der Waals surface area (Å²) in [4.78, 5) is 16.3. The average Bonchev–Trinajstić information content (AvgIpc) is 2.93. The number of aliphatic hydroxyl groups is 1. The van der Waals surface area contributed by atoms with E-state index in [2.05, 4.69) is 37.7 Å². The molecule has 0 aliphatic rings. The molecular formula is C21H38N6O. The van der Waals surface area contributed by atoms with Gasteiger partial charge in [0.25, 0.3) is 0 Å². The summed E-state index contributed by atoms with van der Waals surface area (Å²) in [5.74, 6) is 2.12. The van der Waals surface area contributed by atoms with Gasteiger partial charge in [-0.2, -0.15) is 0 Å². The molecule has 0 atom stereocenters. The molecule has 0 aromatic carbocycles. The van der Waals surface area contributed by atoms with Crippen molar-refractivity contribution in [1.29, 1.82) is 0 Å². The summed E-state index contributed by atoms with van der Waals surface area (Å²) in [7, 11) is 2.15. The average molecular weight is 391 g/mol. The van der Waals surface area contributed by atoms with Crippen LogP contribution in [0.5, 0.6) is 0 Å². The number of fused-ring (bicyclic) bond motifs is 1. The van der Waals surface area contributed by atoms with E-state index in [4.69, 9.17) is 15.7 Å². The predicted octanol–water partition coefficient (Wildman–Crippen LogP) is 3.18. The second-order valence-corrected chi connectivity index (χ2v) is 8.76. The monoisotopic (exact) mass is 390 g/mol. The summed E-state index contributed by atoms with van der Waals surface area (Å²) in [6.07, 6.45) is 5.88. The van der Waals surface area contributed by atoms with E-state index in [0.29, 0.717) is 23.9 Å². The largest absolute Gasteiger partial charge is 0.389 e. The van der Waals surface area contributed by atoms with Crippen molar-refractivity contribution in [2.75, 3.05) is 19.3 Å². The molecule has 0 aliphatic heterocycles. The quantitative estimate of drug-likeness (QED) is 0.572. The smallest absolute Gasteiger partial charge is 0.166 e. The number of rotatable bonds is 11. The summed E-state index contributed by atoms with van der Waals surface area (Å²) in [5, 5.41) is 10.4. The van der Waals surface area contributed by atoms with Gasteiger partial charge >= 0.3 is 0 Å². The second-order valence-electron chi connectivity index (χ2n) is 8.76. The lowest BCUT2D eigenvalue weighted by Gasteiger charge is -2.20. The Kier molecular flexibility index (Phi) is 7.78. The highest BCUT2D eigenvalue weighted by Crippen LogP contribution is 2.23. The topological polar surface area (TPSA) is 93.1 Å². The van der Waals surface area contributed by atoms with Crippen LogP contribution in [0, 0.1) is 0 Å². The number of unbranched alkanes of at least 4 members (excludes halogenated alkanes) is 2. The van der Waals surface area contributed by atoms with Crippen molar-refractivity contribution in [2.24, 2.45) is 0 Å². The van der Waals surface area contributed by atoms with Gasteiger partial charge in [-0.3, -0.25) is 0 Å². The summed E-state index contributed by atoms with van der Waals surface area (Å²) in [6.45, 7) is 11.7. The molecule has 0 aliphatic carbocycles. The maximum atomic E-state index is 10.4. The fraction of sp³-hybridized carbons (Fsp3) is 0.762. The number of anilines is 1. The Morgan fingerprint density at radius 2 is 1.82 bits per heavy atom. The van der Waals surface area contributed by atoms with Crippen LogP contribution in [0.15, 0.2) is 0 Å². The number of hydrogen-bond donors (Lipinski definition) is 2. The van der Waals surface area contributed by atoms with Crippen LogP contribution in [0.4, 0.5) is 5.82 Å². The molecule has 0 radical (unpaired) electrons. The van der Waals surface area contributed by atoms with E-state index in [-0.39, 0.29) is 0 Å². The molecule has 3 N–H and O–H groups in total. The van der Waals surface area contributed by atoms with Crippen LogP contribution in [-0.2, 0) is 19.4 Å². The van der Waals surface area contributed by atoms with Crippen LogP contribution in [0.25, 0.3) is 11.2 Å². The molecular weight excluding hydrogens is 352 g/mol. The molecule has 2 heterocycles. The number of nitrogens with zero attached hydrogens (tertiary/aromatic N) is 5.